The minimum atomic E-state index is -0.207. The van der Waals surface area contributed by atoms with Crippen molar-refractivity contribution in [1.29, 1.82) is 5.26 Å². The van der Waals surface area contributed by atoms with E-state index in [-0.39, 0.29) is 29.9 Å². The standard InChI is InChI=1S/C18H30N2O/c1-12-9-15(10-19)16(13(12)2)14(3)17(20)18(11-21)7-5-4-6-8-18/h12-13,15-17,21H,3-9,11,20H2,1-2H3. The van der Waals surface area contributed by atoms with Gasteiger partial charge in [0.25, 0.3) is 0 Å². The molecule has 2 rings (SSSR count). The van der Waals surface area contributed by atoms with Crippen LogP contribution in [0.25, 0.3) is 0 Å². The normalized spacial score (nSPS) is 36.9. The van der Waals surface area contributed by atoms with Crippen molar-refractivity contribution in [2.75, 3.05) is 6.61 Å². The smallest absolute Gasteiger partial charge is 0.0662 e. The van der Waals surface area contributed by atoms with Crippen molar-refractivity contribution in [3.63, 3.8) is 0 Å². The maximum Gasteiger partial charge on any atom is 0.0662 e. The second-order valence-electron chi connectivity index (χ2n) is 7.47. The third-order valence-corrected chi connectivity index (χ3v) is 6.34. The van der Waals surface area contributed by atoms with Gasteiger partial charge >= 0.3 is 0 Å². The summed E-state index contributed by atoms with van der Waals surface area (Å²) in [5.74, 6) is 1.21. The summed E-state index contributed by atoms with van der Waals surface area (Å²) < 4.78 is 0. The minimum absolute atomic E-state index is 0.0351. The number of hydrogen-bond donors (Lipinski definition) is 2. The lowest BCUT2D eigenvalue weighted by Gasteiger charge is -2.43. The van der Waals surface area contributed by atoms with Gasteiger partial charge < -0.3 is 10.8 Å². The van der Waals surface area contributed by atoms with Crippen LogP contribution in [0.2, 0.25) is 0 Å². The van der Waals surface area contributed by atoms with Crippen LogP contribution in [0.1, 0.15) is 52.4 Å². The molecule has 3 nitrogen and oxygen atoms in total. The number of aliphatic hydroxyl groups is 1. The van der Waals surface area contributed by atoms with E-state index in [9.17, 15) is 10.4 Å². The summed E-state index contributed by atoms with van der Waals surface area (Å²) in [5, 5.41) is 19.4. The molecule has 5 atom stereocenters. The predicted octanol–water partition coefficient (Wildman–Crippen LogP) is 3.24. The second kappa shape index (κ2) is 6.50. The van der Waals surface area contributed by atoms with Crippen LogP contribution in [0, 0.1) is 40.4 Å². The largest absolute Gasteiger partial charge is 0.396 e. The highest BCUT2D eigenvalue weighted by atomic mass is 16.3. The van der Waals surface area contributed by atoms with Crippen LogP contribution < -0.4 is 5.73 Å². The summed E-state index contributed by atoms with van der Waals surface area (Å²) in [5.41, 5.74) is 7.37. The van der Waals surface area contributed by atoms with Crippen LogP contribution in [0.4, 0.5) is 0 Å². The number of nitrogens with zero attached hydrogens (tertiary/aromatic N) is 1. The van der Waals surface area contributed by atoms with Crippen LogP contribution in [0.3, 0.4) is 0 Å². The zero-order chi connectivity index (χ0) is 15.6. The number of rotatable bonds is 4. The molecule has 5 unspecified atom stereocenters. The van der Waals surface area contributed by atoms with E-state index < -0.39 is 0 Å². The van der Waals surface area contributed by atoms with Crippen LogP contribution >= 0.6 is 0 Å². The van der Waals surface area contributed by atoms with E-state index in [1.165, 1.54) is 6.42 Å². The molecule has 0 bridgehead atoms. The van der Waals surface area contributed by atoms with Gasteiger partial charge in [0.15, 0.2) is 0 Å². The zero-order valence-electron chi connectivity index (χ0n) is 13.5. The summed E-state index contributed by atoms with van der Waals surface area (Å²) in [4.78, 5) is 0. The van der Waals surface area contributed by atoms with Crippen LogP contribution in [0.5, 0.6) is 0 Å². The Balaban J connectivity index is 2.20. The van der Waals surface area contributed by atoms with Crippen LogP contribution in [-0.4, -0.2) is 17.8 Å². The van der Waals surface area contributed by atoms with E-state index in [1.807, 2.05) is 0 Å². The summed E-state index contributed by atoms with van der Waals surface area (Å²) in [6.07, 6.45) is 6.42. The zero-order valence-corrected chi connectivity index (χ0v) is 13.5. The Labute approximate surface area is 129 Å². The van der Waals surface area contributed by atoms with Gasteiger partial charge in [-0.05, 0) is 37.0 Å². The number of aliphatic hydroxyl groups excluding tert-OH is 1. The van der Waals surface area contributed by atoms with Crippen molar-refractivity contribution >= 4 is 0 Å². The average molecular weight is 290 g/mol. The maximum atomic E-state index is 9.96. The van der Waals surface area contributed by atoms with Crippen molar-refractivity contribution in [2.45, 2.75) is 58.4 Å². The van der Waals surface area contributed by atoms with Gasteiger partial charge in [0.2, 0.25) is 0 Å². The Morgan fingerprint density at radius 1 is 1.38 bits per heavy atom. The monoisotopic (exact) mass is 290 g/mol. The van der Waals surface area contributed by atoms with Gasteiger partial charge in [0.05, 0.1) is 18.6 Å². The van der Waals surface area contributed by atoms with Gasteiger partial charge in [-0.2, -0.15) is 5.26 Å². The fourth-order valence-electron chi connectivity index (χ4n) is 4.64. The first-order chi connectivity index (χ1) is 9.96. The van der Waals surface area contributed by atoms with Crippen molar-refractivity contribution in [2.24, 2.45) is 34.8 Å². The lowest BCUT2D eigenvalue weighted by molar-refractivity contribution is 0.0622. The Kier molecular flexibility index (Phi) is 5.11. The molecule has 21 heavy (non-hydrogen) atoms. The molecule has 0 aromatic rings. The van der Waals surface area contributed by atoms with E-state index in [1.54, 1.807) is 0 Å². The molecule has 3 heteroatoms. The molecule has 2 aliphatic carbocycles. The van der Waals surface area contributed by atoms with E-state index >= 15 is 0 Å². The van der Waals surface area contributed by atoms with Gasteiger partial charge in [-0.25, -0.2) is 0 Å². The molecular weight excluding hydrogens is 260 g/mol. The molecule has 3 N–H and O–H groups in total. The first kappa shape index (κ1) is 16.5. The molecule has 2 fully saturated rings. The second-order valence-corrected chi connectivity index (χ2v) is 7.47. The van der Waals surface area contributed by atoms with Gasteiger partial charge in [-0.1, -0.05) is 45.3 Å². The van der Waals surface area contributed by atoms with Crippen molar-refractivity contribution in [3.8, 4) is 6.07 Å². The fourth-order valence-corrected chi connectivity index (χ4v) is 4.64. The molecule has 0 radical (unpaired) electrons. The lowest BCUT2D eigenvalue weighted by atomic mass is 9.65. The summed E-state index contributed by atoms with van der Waals surface area (Å²) in [7, 11) is 0. The fraction of sp³-hybridized carbons (Fsp3) is 0.833. The molecule has 2 aliphatic rings. The third-order valence-electron chi connectivity index (χ3n) is 6.34. The van der Waals surface area contributed by atoms with Gasteiger partial charge in [0.1, 0.15) is 0 Å². The number of hydrogen-bond acceptors (Lipinski definition) is 3. The molecule has 0 aromatic heterocycles. The summed E-state index contributed by atoms with van der Waals surface area (Å²) >= 11 is 0. The van der Waals surface area contributed by atoms with Crippen LogP contribution in [0.15, 0.2) is 12.2 Å². The molecule has 0 heterocycles. The highest BCUT2D eigenvalue weighted by Gasteiger charge is 2.46. The first-order valence-corrected chi connectivity index (χ1v) is 8.41. The van der Waals surface area contributed by atoms with Crippen molar-refractivity contribution < 1.29 is 5.11 Å². The summed E-state index contributed by atoms with van der Waals surface area (Å²) in [6, 6.07) is 2.28. The van der Waals surface area contributed by atoms with E-state index in [2.05, 4.69) is 26.5 Å². The Morgan fingerprint density at radius 2 is 2.00 bits per heavy atom. The van der Waals surface area contributed by atoms with Crippen molar-refractivity contribution in [3.05, 3.63) is 12.2 Å². The first-order valence-electron chi connectivity index (χ1n) is 8.41. The van der Waals surface area contributed by atoms with Crippen LogP contribution in [-0.2, 0) is 0 Å². The lowest BCUT2D eigenvalue weighted by Crippen LogP contribution is -2.48. The quantitative estimate of drug-likeness (QED) is 0.781. The third kappa shape index (κ3) is 2.89. The van der Waals surface area contributed by atoms with Gasteiger partial charge in [-0.3, -0.25) is 0 Å². The maximum absolute atomic E-state index is 9.96. The molecule has 118 valence electrons. The molecule has 0 saturated heterocycles. The Bertz CT molecular complexity index is 419. The highest BCUT2D eigenvalue weighted by molar-refractivity contribution is 5.21. The molecule has 0 aromatic carbocycles. The molecule has 0 spiro atoms. The number of nitrogens with two attached hydrogens (primary N) is 1. The molecule has 0 amide bonds. The SMILES string of the molecule is C=C(C1C(C#N)CC(C)C1C)C(N)C1(CO)CCCCC1. The summed E-state index contributed by atoms with van der Waals surface area (Å²) in [6.45, 7) is 8.88. The minimum Gasteiger partial charge on any atom is -0.396 e. The van der Waals surface area contributed by atoms with Gasteiger partial charge in [0, 0.05) is 11.5 Å². The molecule has 0 aliphatic heterocycles. The molecular formula is C18H30N2O. The average Bonchev–Trinajstić information content (AvgIpc) is 2.81. The van der Waals surface area contributed by atoms with Gasteiger partial charge in [-0.15, -0.1) is 0 Å². The Morgan fingerprint density at radius 3 is 2.52 bits per heavy atom. The predicted molar refractivity (Wildman–Crippen MR) is 85.3 cm³/mol. The molecule has 2 saturated carbocycles. The number of nitriles is 1. The van der Waals surface area contributed by atoms with E-state index in [4.69, 9.17) is 5.73 Å². The highest BCUT2D eigenvalue weighted by Crippen LogP contribution is 2.49. The van der Waals surface area contributed by atoms with E-state index in [0.29, 0.717) is 11.8 Å². The van der Waals surface area contributed by atoms with Crippen molar-refractivity contribution in [1.82, 2.24) is 0 Å². The van der Waals surface area contributed by atoms with E-state index in [0.717, 1.165) is 37.7 Å². The topological polar surface area (TPSA) is 70.0 Å². The Hall–Kier alpha value is -0.850.